The normalized spacial score (nSPS) is 22.6. The van der Waals surface area contributed by atoms with Gasteiger partial charge in [0.25, 0.3) is 0 Å². The van der Waals surface area contributed by atoms with E-state index in [2.05, 4.69) is 34.4 Å². The molecule has 0 aromatic carbocycles. The maximum absolute atomic E-state index is 12.6. The number of fused-ring (bicyclic) bond motifs is 1. The lowest BCUT2D eigenvalue weighted by atomic mass is 9.87. The number of amides is 3. The van der Waals surface area contributed by atoms with Gasteiger partial charge in [-0.25, -0.2) is 28.6 Å². The molecule has 0 bridgehead atoms. The fourth-order valence-corrected chi connectivity index (χ4v) is 7.26. The molecular formula is C23H39N8O17P3. The largest absolute Gasteiger partial charge is 0.481 e. The summed E-state index contributed by atoms with van der Waals surface area (Å²) in [4.78, 5) is 85.7. The standard InChI is InChI=1S/C23H39N8O17P3/c1-23(2,18(35)21(36)27-7-5-14(33)26-6-3-4-13(24)32)9-45-51(42,43)48-50(40,41)44-8-12-17(47-49(37,38)39)16(34)22(46-12)31-11-30-15-19(25)28-10-29-20(15)31/h10-12,16-18,22,34-35H,3-9H2,1-2H3,(H2,24,32)(H,26,33)(H,27,36)(H,40,41)(H,42,43)(H2,25,28,29)(H2,37,38,39). The summed E-state index contributed by atoms with van der Waals surface area (Å²) in [6.07, 6.45) is -6.53. The first-order valence-electron chi connectivity index (χ1n) is 14.7. The molecule has 0 aliphatic carbocycles. The minimum atomic E-state index is -5.56. The molecule has 1 fully saturated rings. The highest BCUT2D eigenvalue weighted by molar-refractivity contribution is 7.61. The van der Waals surface area contributed by atoms with Crippen LogP contribution in [0.15, 0.2) is 12.7 Å². The van der Waals surface area contributed by atoms with Crippen LogP contribution in [0.2, 0.25) is 0 Å². The number of nitrogen functional groups attached to an aromatic ring is 1. The molecule has 0 spiro atoms. The Balaban J connectivity index is 1.55. The van der Waals surface area contributed by atoms with Crippen LogP contribution in [-0.4, -0.2) is 118 Å². The number of carbonyl (C=O) groups excluding carboxylic acids is 3. The van der Waals surface area contributed by atoms with Gasteiger partial charge in [0.2, 0.25) is 17.7 Å². The highest BCUT2D eigenvalue weighted by Gasteiger charge is 2.50. The molecule has 28 heteroatoms. The van der Waals surface area contributed by atoms with Gasteiger partial charge in [0.15, 0.2) is 17.7 Å². The average Bonchev–Trinajstić information content (AvgIpc) is 3.57. The first kappa shape index (κ1) is 42.4. The van der Waals surface area contributed by atoms with Gasteiger partial charge < -0.3 is 56.6 Å². The number of nitrogens with one attached hydrogen (secondary N) is 2. The number of phosphoric acid groups is 3. The summed E-state index contributed by atoms with van der Waals surface area (Å²) in [5.41, 5.74) is 9.25. The number of aliphatic hydroxyl groups is 2. The third-order valence-electron chi connectivity index (χ3n) is 7.00. The summed E-state index contributed by atoms with van der Waals surface area (Å²) >= 11 is 0. The van der Waals surface area contributed by atoms with Gasteiger partial charge >= 0.3 is 23.5 Å². The SMILES string of the molecule is CC(C)(COP(=O)(O)OP(=O)(O)OCC1OC(n2cnc3c(N)ncnc32)C(O)C1OP(=O)(O)O)C(O)C(=O)NCCC(=O)NCCCC(N)=O. The molecule has 3 amide bonds. The average molecular weight is 793 g/mol. The van der Waals surface area contributed by atoms with E-state index in [9.17, 15) is 57.9 Å². The summed E-state index contributed by atoms with van der Waals surface area (Å²) in [6, 6.07) is 0. The second-order valence-electron chi connectivity index (χ2n) is 11.6. The van der Waals surface area contributed by atoms with Crippen LogP contribution < -0.4 is 22.1 Å². The summed E-state index contributed by atoms with van der Waals surface area (Å²) in [5, 5.41) is 26.1. The number of anilines is 1. The van der Waals surface area contributed by atoms with Crippen molar-refractivity contribution in [3.05, 3.63) is 12.7 Å². The zero-order valence-corrected chi connectivity index (χ0v) is 29.6. The molecule has 12 N–H and O–H groups in total. The Labute approximate surface area is 288 Å². The number of nitrogens with two attached hydrogens (primary N) is 2. The van der Waals surface area contributed by atoms with Crippen molar-refractivity contribution in [1.29, 1.82) is 0 Å². The van der Waals surface area contributed by atoms with Crippen LogP contribution in [-0.2, 0) is 50.7 Å². The van der Waals surface area contributed by atoms with E-state index in [4.69, 9.17) is 25.3 Å². The summed E-state index contributed by atoms with van der Waals surface area (Å²) < 4.78 is 61.8. The number of aromatic nitrogens is 4. The van der Waals surface area contributed by atoms with Gasteiger partial charge in [-0.3, -0.25) is 32.5 Å². The number of phosphoric ester groups is 3. The molecule has 3 heterocycles. The number of hydrogen-bond donors (Lipinski definition) is 10. The molecule has 1 saturated heterocycles. The number of rotatable bonds is 20. The van der Waals surface area contributed by atoms with E-state index in [0.29, 0.717) is 6.42 Å². The number of nitrogens with zero attached hydrogens (tertiary/aromatic N) is 4. The molecule has 1 aliphatic rings. The molecule has 0 radical (unpaired) electrons. The minimum Gasteiger partial charge on any atom is -0.386 e. The molecule has 2 aromatic rings. The van der Waals surface area contributed by atoms with Gasteiger partial charge in [-0.1, -0.05) is 13.8 Å². The number of primary amides is 1. The first-order chi connectivity index (χ1) is 23.5. The van der Waals surface area contributed by atoms with Crippen molar-refractivity contribution in [2.45, 2.75) is 63.8 Å². The lowest BCUT2D eigenvalue weighted by Crippen LogP contribution is -2.46. The van der Waals surface area contributed by atoms with Crippen molar-refractivity contribution in [3.8, 4) is 0 Å². The van der Waals surface area contributed by atoms with Gasteiger partial charge in [0.05, 0.1) is 19.5 Å². The summed E-state index contributed by atoms with van der Waals surface area (Å²) in [7, 11) is -16.4. The van der Waals surface area contributed by atoms with Crippen LogP contribution in [0, 0.1) is 5.41 Å². The van der Waals surface area contributed by atoms with Crippen LogP contribution in [0.5, 0.6) is 0 Å². The molecule has 25 nitrogen and oxygen atoms in total. The lowest BCUT2D eigenvalue weighted by molar-refractivity contribution is -0.137. The first-order valence-corrected chi connectivity index (χ1v) is 19.2. The van der Waals surface area contributed by atoms with E-state index in [0.717, 1.165) is 17.2 Å². The quantitative estimate of drug-likeness (QED) is 0.0496. The molecule has 51 heavy (non-hydrogen) atoms. The Hall–Kier alpha value is -2.99. The Bertz CT molecular complexity index is 1710. The van der Waals surface area contributed by atoms with Crippen LogP contribution in [0.3, 0.4) is 0 Å². The fraction of sp³-hybridized carbons (Fsp3) is 0.652. The fourth-order valence-electron chi connectivity index (χ4n) is 4.43. The molecule has 2 aromatic heterocycles. The van der Waals surface area contributed by atoms with E-state index in [-0.39, 0.29) is 42.9 Å². The van der Waals surface area contributed by atoms with Crippen molar-refractivity contribution in [1.82, 2.24) is 30.2 Å². The van der Waals surface area contributed by atoms with Crippen LogP contribution in [0.25, 0.3) is 11.2 Å². The van der Waals surface area contributed by atoms with Gasteiger partial charge in [-0.05, 0) is 6.42 Å². The highest BCUT2D eigenvalue weighted by atomic mass is 31.3. The Kier molecular flexibility index (Phi) is 14.3. The Morgan fingerprint density at radius 3 is 2.35 bits per heavy atom. The summed E-state index contributed by atoms with van der Waals surface area (Å²) in [6.45, 7) is 0.430. The van der Waals surface area contributed by atoms with Crippen molar-refractivity contribution in [3.63, 3.8) is 0 Å². The van der Waals surface area contributed by atoms with Crippen molar-refractivity contribution < 1.29 is 80.5 Å². The molecular weight excluding hydrogens is 753 g/mol. The number of ether oxygens (including phenoxy) is 1. The maximum atomic E-state index is 12.6. The molecule has 7 atom stereocenters. The van der Waals surface area contributed by atoms with E-state index in [1.807, 2.05) is 0 Å². The number of imidazole rings is 1. The summed E-state index contributed by atoms with van der Waals surface area (Å²) in [5.74, 6) is -2.02. The van der Waals surface area contributed by atoms with Gasteiger partial charge in [-0.15, -0.1) is 0 Å². The lowest BCUT2D eigenvalue weighted by Gasteiger charge is -2.30. The molecule has 7 unspecified atom stereocenters. The van der Waals surface area contributed by atoms with Gasteiger partial charge in [0, 0.05) is 31.3 Å². The zero-order chi connectivity index (χ0) is 38.4. The highest BCUT2D eigenvalue weighted by Crippen LogP contribution is 2.61. The maximum Gasteiger partial charge on any atom is 0.481 e. The van der Waals surface area contributed by atoms with Crippen LogP contribution >= 0.6 is 23.5 Å². The van der Waals surface area contributed by atoms with E-state index >= 15 is 0 Å². The van der Waals surface area contributed by atoms with Crippen molar-refractivity contribution in [2.75, 3.05) is 32.0 Å². The topological polar surface area (TPSA) is 390 Å². The van der Waals surface area contributed by atoms with Crippen molar-refractivity contribution >= 4 is 58.2 Å². The number of hydrogen-bond acceptors (Lipinski definition) is 17. The molecule has 3 rings (SSSR count). The molecule has 1 aliphatic heterocycles. The second-order valence-corrected chi connectivity index (χ2v) is 15.9. The minimum absolute atomic E-state index is 0.0284. The Morgan fingerprint density at radius 2 is 1.71 bits per heavy atom. The predicted molar refractivity (Wildman–Crippen MR) is 168 cm³/mol. The van der Waals surface area contributed by atoms with Gasteiger partial charge in [-0.2, -0.15) is 4.31 Å². The second kappa shape index (κ2) is 17.2. The van der Waals surface area contributed by atoms with Crippen molar-refractivity contribution in [2.24, 2.45) is 11.1 Å². The molecule has 288 valence electrons. The third-order valence-corrected chi connectivity index (χ3v) is 10.1. The number of carbonyl (C=O) groups is 3. The van der Waals surface area contributed by atoms with Crippen LogP contribution in [0.4, 0.5) is 5.82 Å². The number of aliphatic hydroxyl groups excluding tert-OH is 2. The predicted octanol–water partition coefficient (Wildman–Crippen LogP) is -2.33. The van der Waals surface area contributed by atoms with Crippen LogP contribution in [0.1, 0.15) is 39.3 Å². The van der Waals surface area contributed by atoms with Gasteiger partial charge in [0.1, 0.15) is 36.3 Å². The third kappa shape index (κ3) is 12.6. The monoisotopic (exact) mass is 792 g/mol. The van der Waals surface area contributed by atoms with E-state index in [1.54, 1.807) is 0 Å². The smallest absolute Gasteiger partial charge is 0.386 e. The van der Waals surface area contributed by atoms with E-state index in [1.165, 1.54) is 13.8 Å². The van der Waals surface area contributed by atoms with E-state index < -0.39 is 90.5 Å². The Morgan fingerprint density at radius 1 is 1.04 bits per heavy atom. The molecule has 0 saturated carbocycles. The zero-order valence-electron chi connectivity index (χ0n) is 27.0.